The van der Waals surface area contributed by atoms with E-state index in [9.17, 15) is 9.59 Å². The van der Waals surface area contributed by atoms with E-state index in [0.29, 0.717) is 21.8 Å². The predicted octanol–water partition coefficient (Wildman–Crippen LogP) is 4.09. The Morgan fingerprint density at radius 3 is 2.52 bits per heavy atom. The first-order valence-corrected chi connectivity index (χ1v) is 9.62. The largest absolute Gasteiger partial charge is 0.337 e. The number of anilines is 1. The molecule has 0 atom stereocenters. The van der Waals surface area contributed by atoms with E-state index in [2.05, 4.69) is 5.32 Å². The smallest absolute Gasteiger partial charge is 0.255 e. The zero-order valence-electron chi connectivity index (χ0n) is 13.9. The number of carbonyl (C=O) groups excluding carboxylic acids is 2. The minimum Gasteiger partial charge on any atom is -0.337 e. The maximum Gasteiger partial charge on any atom is 0.255 e. The third kappa shape index (κ3) is 4.35. The van der Waals surface area contributed by atoms with Gasteiger partial charge in [0.15, 0.2) is 0 Å². The number of nitrogens with zero attached hydrogens (tertiary/aromatic N) is 1. The minimum absolute atomic E-state index is 0.0520. The Hall–Kier alpha value is -1.98. The van der Waals surface area contributed by atoms with E-state index < -0.39 is 0 Å². The summed E-state index contributed by atoms with van der Waals surface area (Å²) >= 11 is 7.80. The zero-order valence-corrected chi connectivity index (χ0v) is 15.5. The van der Waals surface area contributed by atoms with Crippen molar-refractivity contribution in [2.45, 2.75) is 6.92 Å². The van der Waals surface area contributed by atoms with Gasteiger partial charge in [0.1, 0.15) is 0 Å². The molecular weight excluding hydrogens is 356 g/mol. The summed E-state index contributed by atoms with van der Waals surface area (Å²) in [6, 6.07) is 12.2. The van der Waals surface area contributed by atoms with Gasteiger partial charge in [0.2, 0.25) is 0 Å². The van der Waals surface area contributed by atoms with Crippen molar-refractivity contribution in [3.05, 3.63) is 64.2 Å². The van der Waals surface area contributed by atoms with Crippen LogP contribution >= 0.6 is 23.4 Å². The summed E-state index contributed by atoms with van der Waals surface area (Å²) in [6.45, 7) is 3.46. The van der Waals surface area contributed by atoms with Crippen LogP contribution in [-0.2, 0) is 0 Å². The lowest BCUT2D eigenvalue weighted by atomic mass is 10.1. The number of hydrogen-bond acceptors (Lipinski definition) is 3. The number of aryl methyl sites for hydroxylation is 1. The standard InChI is InChI=1S/C19H19ClN2O2S/c1-13-11-15(19(24)22-7-9-25-10-8-22)5-6-17(13)21-18(23)14-3-2-4-16(20)12-14/h2-6,11-12H,7-10H2,1H3,(H,21,23). The van der Waals surface area contributed by atoms with E-state index in [1.54, 1.807) is 36.4 Å². The fraction of sp³-hybridized carbons (Fsp3) is 0.263. The Labute approximate surface area is 156 Å². The first kappa shape index (κ1) is 17.8. The minimum atomic E-state index is -0.224. The van der Waals surface area contributed by atoms with Crippen molar-refractivity contribution in [1.29, 1.82) is 0 Å². The first-order valence-electron chi connectivity index (χ1n) is 8.09. The maximum absolute atomic E-state index is 12.6. The van der Waals surface area contributed by atoms with Gasteiger partial charge in [-0.25, -0.2) is 0 Å². The molecule has 0 unspecified atom stereocenters. The van der Waals surface area contributed by atoms with E-state index in [1.165, 1.54) is 0 Å². The quantitative estimate of drug-likeness (QED) is 0.880. The van der Waals surface area contributed by atoms with Gasteiger partial charge in [-0.3, -0.25) is 9.59 Å². The molecule has 2 amide bonds. The van der Waals surface area contributed by atoms with Crippen LogP contribution in [-0.4, -0.2) is 41.3 Å². The van der Waals surface area contributed by atoms with Gasteiger partial charge in [0.05, 0.1) is 0 Å². The van der Waals surface area contributed by atoms with Crippen molar-refractivity contribution in [2.24, 2.45) is 0 Å². The average molecular weight is 375 g/mol. The highest BCUT2D eigenvalue weighted by Crippen LogP contribution is 2.20. The second kappa shape index (κ2) is 7.93. The van der Waals surface area contributed by atoms with Gasteiger partial charge in [-0.05, 0) is 48.9 Å². The van der Waals surface area contributed by atoms with E-state index in [-0.39, 0.29) is 11.8 Å². The molecule has 1 aliphatic heterocycles. The number of thioether (sulfide) groups is 1. The molecule has 6 heteroatoms. The van der Waals surface area contributed by atoms with Crippen LogP contribution in [0.4, 0.5) is 5.69 Å². The Balaban J connectivity index is 1.73. The van der Waals surface area contributed by atoms with E-state index in [4.69, 9.17) is 11.6 Å². The molecule has 0 bridgehead atoms. The predicted molar refractivity (Wildman–Crippen MR) is 104 cm³/mol. The fourth-order valence-electron chi connectivity index (χ4n) is 2.71. The van der Waals surface area contributed by atoms with Crippen LogP contribution in [0.3, 0.4) is 0 Å². The highest BCUT2D eigenvalue weighted by molar-refractivity contribution is 7.99. The molecule has 1 saturated heterocycles. The molecular formula is C19H19ClN2O2S. The molecule has 0 aromatic heterocycles. The van der Waals surface area contributed by atoms with Gasteiger partial charge in [-0.1, -0.05) is 17.7 Å². The van der Waals surface area contributed by atoms with E-state index in [1.807, 2.05) is 29.7 Å². The molecule has 130 valence electrons. The summed E-state index contributed by atoms with van der Waals surface area (Å²) in [4.78, 5) is 26.8. The van der Waals surface area contributed by atoms with Crippen molar-refractivity contribution in [3.63, 3.8) is 0 Å². The highest BCUT2D eigenvalue weighted by atomic mass is 35.5. The molecule has 1 aliphatic rings. The van der Waals surface area contributed by atoms with Crippen molar-refractivity contribution >= 4 is 40.9 Å². The molecule has 0 aliphatic carbocycles. The topological polar surface area (TPSA) is 49.4 Å². The molecule has 3 rings (SSSR count). The monoisotopic (exact) mass is 374 g/mol. The molecule has 0 radical (unpaired) electrons. The summed E-state index contributed by atoms with van der Waals surface area (Å²) < 4.78 is 0. The summed E-state index contributed by atoms with van der Waals surface area (Å²) in [5.41, 5.74) is 2.70. The number of carbonyl (C=O) groups is 2. The van der Waals surface area contributed by atoms with Gasteiger partial charge < -0.3 is 10.2 Å². The first-order chi connectivity index (χ1) is 12.0. The van der Waals surface area contributed by atoms with Crippen molar-refractivity contribution in [2.75, 3.05) is 29.9 Å². The lowest BCUT2D eigenvalue weighted by molar-refractivity contribution is 0.0772. The summed E-state index contributed by atoms with van der Waals surface area (Å²) in [5, 5.41) is 3.39. The molecule has 0 saturated carbocycles. The van der Waals surface area contributed by atoms with Crippen LogP contribution in [0.15, 0.2) is 42.5 Å². The van der Waals surface area contributed by atoms with Crippen LogP contribution in [0, 0.1) is 6.92 Å². The van der Waals surface area contributed by atoms with Crippen molar-refractivity contribution in [1.82, 2.24) is 4.90 Å². The SMILES string of the molecule is Cc1cc(C(=O)N2CCSCC2)ccc1NC(=O)c1cccc(Cl)c1. The summed E-state index contributed by atoms with van der Waals surface area (Å²) in [6.07, 6.45) is 0. The van der Waals surface area contributed by atoms with Crippen LogP contribution in [0.5, 0.6) is 0 Å². The third-order valence-electron chi connectivity index (χ3n) is 4.11. The number of nitrogens with one attached hydrogen (secondary N) is 1. The van der Waals surface area contributed by atoms with E-state index >= 15 is 0 Å². The number of amides is 2. The molecule has 1 N–H and O–H groups in total. The maximum atomic E-state index is 12.6. The molecule has 0 spiro atoms. The Bertz CT molecular complexity index is 804. The molecule has 1 fully saturated rings. The number of benzene rings is 2. The Morgan fingerprint density at radius 2 is 1.84 bits per heavy atom. The lowest BCUT2D eigenvalue weighted by Gasteiger charge is -2.26. The van der Waals surface area contributed by atoms with Crippen LogP contribution in [0.1, 0.15) is 26.3 Å². The molecule has 1 heterocycles. The number of hydrogen-bond donors (Lipinski definition) is 1. The van der Waals surface area contributed by atoms with Crippen LogP contribution in [0.2, 0.25) is 5.02 Å². The fourth-order valence-corrected chi connectivity index (χ4v) is 3.80. The Morgan fingerprint density at radius 1 is 1.08 bits per heavy atom. The van der Waals surface area contributed by atoms with Crippen LogP contribution < -0.4 is 5.32 Å². The van der Waals surface area contributed by atoms with Gasteiger partial charge >= 0.3 is 0 Å². The summed E-state index contributed by atoms with van der Waals surface area (Å²) in [5.74, 6) is 1.80. The van der Waals surface area contributed by atoms with Gasteiger partial charge in [-0.15, -0.1) is 0 Å². The molecule has 25 heavy (non-hydrogen) atoms. The van der Waals surface area contributed by atoms with Crippen molar-refractivity contribution in [3.8, 4) is 0 Å². The average Bonchev–Trinajstić information content (AvgIpc) is 2.63. The normalized spacial score (nSPS) is 14.2. The number of halogens is 1. The van der Waals surface area contributed by atoms with E-state index in [0.717, 1.165) is 30.2 Å². The zero-order chi connectivity index (χ0) is 17.8. The van der Waals surface area contributed by atoms with Crippen LogP contribution in [0.25, 0.3) is 0 Å². The molecule has 2 aromatic carbocycles. The van der Waals surface area contributed by atoms with Gasteiger partial charge in [-0.2, -0.15) is 11.8 Å². The van der Waals surface area contributed by atoms with Crippen molar-refractivity contribution < 1.29 is 9.59 Å². The second-order valence-electron chi connectivity index (χ2n) is 5.90. The second-order valence-corrected chi connectivity index (χ2v) is 7.56. The van der Waals surface area contributed by atoms with Gasteiger partial charge in [0.25, 0.3) is 11.8 Å². The molecule has 4 nitrogen and oxygen atoms in total. The lowest BCUT2D eigenvalue weighted by Crippen LogP contribution is -2.37. The van der Waals surface area contributed by atoms with Gasteiger partial charge in [0, 0.05) is 46.4 Å². The molecule has 2 aromatic rings. The third-order valence-corrected chi connectivity index (χ3v) is 5.28. The highest BCUT2D eigenvalue weighted by Gasteiger charge is 2.19. The number of rotatable bonds is 3. The summed E-state index contributed by atoms with van der Waals surface area (Å²) in [7, 11) is 0. The Kier molecular flexibility index (Phi) is 5.66.